The molecule has 1 atom stereocenters. The van der Waals surface area contributed by atoms with E-state index in [1.807, 2.05) is 0 Å². The van der Waals surface area contributed by atoms with Crippen LogP contribution in [-0.4, -0.2) is 43.8 Å². The molecule has 0 bridgehead atoms. The Kier molecular flexibility index (Phi) is 9.15. The van der Waals surface area contributed by atoms with Crippen LogP contribution in [0.4, 0.5) is 0 Å². The Labute approximate surface area is 97.9 Å². The van der Waals surface area contributed by atoms with Crippen LogP contribution < -0.4 is 0 Å². The van der Waals surface area contributed by atoms with Crippen molar-refractivity contribution in [1.82, 2.24) is 0 Å². The molecule has 0 aromatic heterocycles. The van der Waals surface area contributed by atoms with E-state index in [4.69, 9.17) is 15.1 Å². The summed E-state index contributed by atoms with van der Waals surface area (Å²) in [4.78, 5) is 0. The van der Waals surface area contributed by atoms with Gasteiger partial charge in [-0.3, -0.25) is 0 Å². The van der Waals surface area contributed by atoms with Crippen LogP contribution in [0.3, 0.4) is 0 Å². The van der Waals surface area contributed by atoms with Gasteiger partial charge in [0.25, 0.3) is 0 Å². The van der Waals surface area contributed by atoms with Crippen molar-refractivity contribution < 1.29 is 25.3 Å². The Balaban J connectivity index is 0. The zero-order valence-electron chi connectivity index (χ0n) is 10.6. The molecule has 0 saturated carbocycles. The van der Waals surface area contributed by atoms with Gasteiger partial charge in [0.1, 0.15) is 0 Å². The van der Waals surface area contributed by atoms with Gasteiger partial charge in [0.15, 0.2) is 0 Å². The number of unbranched alkanes of at least 4 members (excludes halogenated alkanes) is 2. The van der Waals surface area contributed by atoms with Crippen LogP contribution in [0.5, 0.6) is 0 Å². The topological polar surface area (TPSA) is 101 Å². The molecule has 5 N–H and O–H groups in total. The van der Waals surface area contributed by atoms with E-state index in [1.54, 1.807) is 20.8 Å². The van der Waals surface area contributed by atoms with Crippen molar-refractivity contribution in [2.24, 2.45) is 0 Å². The highest BCUT2D eigenvalue weighted by atomic mass is 16.5. The van der Waals surface area contributed by atoms with Crippen molar-refractivity contribution in [3.8, 4) is 0 Å². The van der Waals surface area contributed by atoms with Crippen molar-refractivity contribution in [3.05, 3.63) is 0 Å². The molecule has 0 rings (SSSR count). The largest absolute Gasteiger partial charge is 0.631 e. The molecule has 16 heavy (non-hydrogen) atoms. The molecule has 0 aliphatic rings. The molecule has 0 radical (unpaired) electrons. The molecule has 6 heteroatoms. The van der Waals surface area contributed by atoms with Crippen molar-refractivity contribution in [2.45, 2.75) is 64.6 Å². The molecule has 0 aliphatic heterocycles. The monoisotopic (exact) mass is 236 g/mol. The highest BCUT2D eigenvalue weighted by Gasteiger charge is 2.36. The second kappa shape index (κ2) is 8.03. The van der Waals surface area contributed by atoms with E-state index in [-0.39, 0.29) is 0 Å². The SMILES string of the molecule is CCCCCC(C)(O)C(C)(C)O.OB(O)O. The van der Waals surface area contributed by atoms with Gasteiger partial charge in [-0.25, -0.2) is 0 Å². The summed E-state index contributed by atoms with van der Waals surface area (Å²) in [6.07, 6.45) is 3.91. The second-order valence-corrected chi connectivity index (χ2v) is 4.64. The normalized spacial score (nSPS) is 14.8. The minimum atomic E-state index is -2.17. The molecule has 5 nitrogen and oxygen atoms in total. The van der Waals surface area contributed by atoms with Crippen molar-refractivity contribution >= 4 is 7.32 Å². The van der Waals surface area contributed by atoms with Gasteiger partial charge in [-0.05, 0) is 27.2 Å². The number of rotatable bonds is 5. The fourth-order valence-electron chi connectivity index (χ4n) is 1.03. The maximum Gasteiger partial charge on any atom is 0.631 e. The lowest BCUT2D eigenvalue weighted by atomic mass is 9.83. The molecule has 0 aromatic rings. The van der Waals surface area contributed by atoms with Gasteiger partial charge in [0.2, 0.25) is 0 Å². The summed E-state index contributed by atoms with van der Waals surface area (Å²) in [7, 11) is -2.17. The van der Waals surface area contributed by atoms with Crippen LogP contribution >= 0.6 is 0 Å². The highest BCUT2D eigenvalue weighted by molar-refractivity contribution is 6.30. The first-order valence-corrected chi connectivity index (χ1v) is 5.53. The minimum Gasteiger partial charge on any atom is -0.402 e. The maximum atomic E-state index is 9.83. The first-order valence-electron chi connectivity index (χ1n) is 5.53. The van der Waals surface area contributed by atoms with Gasteiger partial charge in [-0.1, -0.05) is 26.2 Å². The van der Waals surface area contributed by atoms with Gasteiger partial charge >= 0.3 is 7.32 Å². The van der Waals surface area contributed by atoms with E-state index in [1.165, 1.54) is 0 Å². The lowest BCUT2D eigenvalue weighted by Crippen LogP contribution is -2.47. The average Bonchev–Trinajstić information content (AvgIpc) is 2.01. The fourth-order valence-corrected chi connectivity index (χ4v) is 1.03. The van der Waals surface area contributed by atoms with E-state index < -0.39 is 18.5 Å². The predicted octanol–water partition coefficient (Wildman–Crippen LogP) is 0.0368. The van der Waals surface area contributed by atoms with Gasteiger partial charge < -0.3 is 25.3 Å². The second-order valence-electron chi connectivity index (χ2n) is 4.64. The molecule has 0 spiro atoms. The number of aliphatic hydroxyl groups is 2. The molecular formula is C10H25BO5. The lowest BCUT2D eigenvalue weighted by Gasteiger charge is -2.35. The Bertz CT molecular complexity index is 162. The van der Waals surface area contributed by atoms with Crippen molar-refractivity contribution in [3.63, 3.8) is 0 Å². The summed E-state index contributed by atoms with van der Waals surface area (Å²) < 4.78 is 0. The summed E-state index contributed by atoms with van der Waals surface area (Å²) in [5.41, 5.74) is -1.96. The molecule has 1 unspecified atom stereocenters. The molecular weight excluding hydrogens is 211 g/mol. The Morgan fingerprint density at radius 2 is 1.31 bits per heavy atom. The highest BCUT2D eigenvalue weighted by Crippen LogP contribution is 2.26. The summed E-state index contributed by atoms with van der Waals surface area (Å²) in [6, 6.07) is 0. The van der Waals surface area contributed by atoms with E-state index in [0.717, 1.165) is 19.3 Å². The summed E-state index contributed by atoms with van der Waals surface area (Å²) in [6.45, 7) is 7.12. The third kappa shape index (κ3) is 10.4. The number of hydrogen-bond acceptors (Lipinski definition) is 5. The molecule has 0 heterocycles. The zero-order valence-corrected chi connectivity index (χ0v) is 10.6. The molecule has 0 saturated heterocycles. The average molecular weight is 236 g/mol. The van der Waals surface area contributed by atoms with Crippen LogP contribution in [0.25, 0.3) is 0 Å². The molecule has 0 fully saturated rings. The first kappa shape index (κ1) is 18.2. The van der Waals surface area contributed by atoms with Crippen LogP contribution in [-0.2, 0) is 0 Å². The Morgan fingerprint density at radius 3 is 1.56 bits per heavy atom. The van der Waals surface area contributed by atoms with Crippen LogP contribution in [0.2, 0.25) is 0 Å². The minimum absolute atomic E-state index is 0.671. The van der Waals surface area contributed by atoms with E-state index in [2.05, 4.69) is 6.92 Å². The van der Waals surface area contributed by atoms with E-state index >= 15 is 0 Å². The smallest absolute Gasteiger partial charge is 0.402 e. The van der Waals surface area contributed by atoms with E-state index in [0.29, 0.717) is 6.42 Å². The maximum absolute atomic E-state index is 9.83. The zero-order chi connectivity index (χ0) is 13.4. The van der Waals surface area contributed by atoms with E-state index in [9.17, 15) is 10.2 Å². The van der Waals surface area contributed by atoms with Crippen molar-refractivity contribution in [2.75, 3.05) is 0 Å². The van der Waals surface area contributed by atoms with Crippen LogP contribution in [0.1, 0.15) is 53.4 Å². The Hall–Kier alpha value is -0.135. The summed E-state index contributed by atoms with van der Waals surface area (Å²) >= 11 is 0. The van der Waals surface area contributed by atoms with Gasteiger partial charge in [0.05, 0.1) is 11.2 Å². The first-order chi connectivity index (χ1) is 7.04. The molecule has 0 amide bonds. The molecule has 0 aromatic carbocycles. The standard InChI is InChI=1S/C10H22O2.BH3O3/c1-5-6-7-8-10(4,12)9(2,3)11;2-1(3)4/h11-12H,5-8H2,1-4H3;2-4H. The fraction of sp³-hybridized carbons (Fsp3) is 1.00. The van der Waals surface area contributed by atoms with Crippen molar-refractivity contribution in [1.29, 1.82) is 0 Å². The lowest BCUT2D eigenvalue weighted by molar-refractivity contribution is -0.124. The molecule has 0 aliphatic carbocycles. The van der Waals surface area contributed by atoms with Gasteiger partial charge in [-0.2, -0.15) is 0 Å². The molecule has 98 valence electrons. The quantitative estimate of drug-likeness (QED) is 0.342. The third-order valence-electron chi connectivity index (χ3n) is 2.59. The predicted molar refractivity (Wildman–Crippen MR) is 63.5 cm³/mol. The van der Waals surface area contributed by atoms with Gasteiger partial charge in [0, 0.05) is 0 Å². The van der Waals surface area contributed by atoms with Crippen LogP contribution in [0, 0.1) is 0 Å². The Morgan fingerprint density at radius 1 is 0.938 bits per heavy atom. The summed E-state index contributed by atoms with van der Waals surface area (Å²) in [5, 5.41) is 40.9. The summed E-state index contributed by atoms with van der Waals surface area (Å²) in [5.74, 6) is 0. The van der Waals surface area contributed by atoms with Crippen LogP contribution in [0.15, 0.2) is 0 Å². The third-order valence-corrected chi connectivity index (χ3v) is 2.59. The van der Waals surface area contributed by atoms with Gasteiger partial charge in [-0.15, -0.1) is 0 Å². The number of hydrogen-bond donors (Lipinski definition) is 5.